The molecule has 4 rings (SSSR count). The lowest BCUT2D eigenvalue weighted by atomic mass is 9.85. The Bertz CT molecular complexity index is 855. The maximum absolute atomic E-state index is 13.8. The smallest absolute Gasteiger partial charge is 0.254 e. The van der Waals surface area contributed by atoms with Crippen LogP contribution in [0.1, 0.15) is 67.4 Å². The van der Waals surface area contributed by atoms with Crippen LogP contribution in [0.5, 0.6) is 5.75 Å². The summed E-state index contributed by atoms with van der Waals surface area (Å²) in [5.41, 5.74) is 7.41. The van der Waals surface area contributed by atoms with Crippen LogP contribution < -0.4 is 15.8 Å². The van der Waals surface area contributed by atoms with Crippen LogP contribution in [-0.2, 0) is 0 Å². The van der Waals surface area contributed by atoms with Gasteiger partial charge >= 0.3 is 0 Å². The zero-order valence-corrected chi connectivity index (χ0v) is 18.6. The molecule has 3 N–H and O–H groups in total. The van der Waals surface area contributed by atoms with Gasteiger partial charge in [0.05, 0.1) is 18.7 Å². The van der Waals surface area contributed by atoms with Gasteiger partial charge in [0, 0.05) is 11.1 Å². The molecule has 0 bridgehead atoms. The van der Waals surface area contributed by atoms with Crippen molar-refractivity contribution >= 4 is 5.91 Å². The van der Waals surface area contributed by atoms with Crippen LogP contribution in [-0.4, -0.2) is 42.1 Å². The third kappa shape index (κ3) is 4.78. The molecule has 0 saturated carbocycles. The number of carbonyl (C=O) groups excluding carboxylic acids is 1. The second-order valence-corrected chi connectivity index (χ2v) is 9.07. The first-order chi connectivity index (χ1) is 15.1. The molecule has 2 aliphatic rings. The zero-order valence-electron chi connectivity index (χ0n) is 18.6. The number of amides is 1. The number of carbonyl (C=O) groups is 1. The Morgan fingerprint density at radius 3 is 2.65 bits per heavy atom. The highest BCUT2D eigenvalue weighted by Crippen LogP contribution is 2.45. The van der Waals surface area contributed by atoms with E-state index in [9.17, 15) is 4.79 Å². The van der Waals surface area contributed by atoms with E-state index in [-0.39, 0.29) is 23.5 Å². The molecule has 1 amide bonds. The lowest BCUT2D eigenvalue weighted by Gasteiger charge is -2.38. The Hall–Kier alpha value is -2.37. The van der Waals surface area contributed by atoms with E-state index < -0.39 is 0 Å². The zero-order chi connectivity index (χ0) is 21.7. The number of rotatable bonds is 6. The SMILES string of the molecule is C[C@]12C[C@@H](c3ccccc3)N(C(=O)c3ccc(OCCCN)cc3)[C@H]1CCCCCN2. The molecular weight excluding hydrogens is 386 g/mol. The predicted molar refractivity (Wildman–Crippen MR) is 124 cm³/mol. The van der Waals surface area contributed by atoms with Crippen LogP contribution in [0.15, 0.2) is 54.6 Å². The number of ether oxygens (including phenoxy) is 1. The Morgan fingerprint density at radius 2 is 1.90 bits per heavy atom. The summed E-state index contributed by atoms with van der Waals surface area (Å²) >= 11 is 0. The summed E-state index contributed by atoms with van der Waals surface area (Å²) in [6.45, 7) is 4.53. The van der Waals surface area contributed by atoms with Crippen molar-refractivity contribution in [2.24, 2.45) is 5.73 Å². The fourth-order valence-corrected chi connectivity index (χ4v) is 5.17. The van der Waals surface area contributed by atoms with E-state index in [1.54, 1.807) is 0 Å². The summed E-state index contributed by atoms with van der Waals surface area (Å²) in [6, 6.07) is 18.3. The van der Waals surface area contributed by atoms with Gasteiger partial charge in [-0.1, -0.05) is 43.2 Å². The maximum atomic E-state index is 13.8. The number of hydrogen-bond donors (Lipinski definition) is 2. The lowest BCUT2D eigenvalue weighted by Crippen LogP contribution is -2.54. The third-order valence-corrected chi connectivity index (χ3v) is 6.84. The first kappa shape index (κ1) is 21.8. The summed E-state index contributed by atoms with van der Waals surface area (Å²) in [7, 11) is 0. The second-order valence-electron chi connectivity index (χ2n) is 9.07. The van der Waals surface area contributed by atoms with Crippen molar-refractivity contribution in [1.29, 1.82) is 0 Å². The minimum absolute atomic E-state index is 0.0676. The molecule has 2 heterocycles. The van der Waals surface area contributed by atoms with Crippen molar-refractivity contribution in [2.45, 2.75) is 63.1 Å². The lowest BCUT2D eigenvalue weighted by molar-refractivity contribution is 0.0612. The molecule has 5 nitrogen and oxygen atoms in total. The maximum Gasteiger partial charge on any atom is 0.254 e. The molecule has 166 valence electrons. The Balaban J connectivity index is 1.62. The van der Waals surface area contributed by atoms with Gasteiger partial charge in [-0.15, -0.1) is 0 Å². The van der Waals surface area contributed by atoms with E-state index in [1.807, 2.05) is 30.3 Å². The molecular formula is C26H35N3O2. The minimum atomic E-state index is -0.0676. The van der Waals surface area contributed by atoms with Gasteiger partial charge in [-0.3, -0.25) is 4.79 Å². The molecule has 2 aromatic carbocycles. The highest BCUT2D eigenvalue weighted by molar-refractivity contribution is 5.95. The number of fused-ring (bicyclic) bond motifs is 1. The van der Waals surface area contributed by atoms with Gasteiger partial charge in [0.15, 0.2) is 0 Å². The average Bonchev–Trinajstić information content (AvgIpc) is 3.07. The van der Waals surface area contributed by atoms with Gasteiger partial charge in [-0.25, -0.2) is 0 Å². The Labute approximate surface area is 186 Å². The third-order valence-electron chi connectivity index (χ3n) is 6.84. The molecule has 2 saturated heterocycles. The number of likely N-dealkylation sites (tertiary alicyclic amines) is 1. The fourth-order valence-electron chi connectivity index (χ4n) is 5.17. The summed E-state index contributed by atoms with van der Waals surface area (Å²) < 4.78 is 5.71. The van der Waals surface area contributed by atoms with Crippen molar-refractivity contribution in [3.8, 4) is 5.75 Å². The fraction of sp³-hybridized carbons (Fsp3) is 0.500. The molecule has 0 unspecified atom stereocenters. The molecule has 31 heavy (non-hydrogen) atoms. The molecule has 0 aliphatic carbocycles. The number of benzene rings is 2. The average molecular weight is 422 g/mol. The summed E-state index contributed by atoms with van der Waals surface area (Å²) in [4.78, 5) is 16.0. The van der Waals surface area contributed by atoms with Gasteiger partial charge in [0.2, 0.25) is 0 Å². The van der Waals surface area contributed by atoms with E-state index in [0.29, 0.717) is 13.2 Å². The van der Waals surface area contributed by atoms with E-state index in [1.165, 1.54) is 24.8 Å². The highest BCUT2D eigenvalue weighted by Gasteiger charge is 2.51. The first-order valence-electron chi connectivity index (χ1n) is 11.7. The number of nitrogens with one attached hydrogen (secondary N) is 1. The van der Waals surface area contributed by atoms with Crippen LogP contribution >= 0.6 is 0 Å². The normalized spacial score (nSPS) is 26.1. The Morgan fingerprint density at radius 1 is 1.13 bits per heavy atom. The van der Waals surface area contributed by atoms with Crippen molar-refractivity contribution in [3.05, 3.63) is 65.7 Å². The highest BCUT2D eigenvalue weighted by atomic mass is 16.5. The molecule has 2 aromatic rings. The quantitative estimate of drug-likeness (QED) is 0.683. The van der Waals surface area contributed by atoms with Crippen LogP contribution in [0.2, 0.25) is 0 Å². The first-order valence-corrected chi connectivity index (χ1v) is 11.7. The van der Waals surface area contributed by atoms with Gasteiger partial charge in [0.1, 0.15) is 5.75 Å². The van der Waals surface area contributed by atoms with Crippen LogP contribution in [0.4, 0.5) is 0 Å². The van der Waals surface area contributed by atoms with Crippen molar-refractivity contribution in [2.75, 3.05) is 19.7 Å². The number of nitrogens with zero attached hydrogens (tertiary/aromatic N) is 1. The van der Waals surface area contributed by atoms with Crippen molar-refractivity contribution < 1.29 is 9.53 Å². The van der Waals surface area contributed by atoms with Crippen molar-refractivity contribution in [1.82, 2.24) is 10.2 Å². The van der Waals surface area contributed by atoms with Crippen LogP contribution in [0.3, 0.4) is 0 Å². The van der Waals surface area contributed by atoms with E-state index in [0.717, 1.165) is 37.1 Å². The van der Waals surface area contributed by atoms with Gasteiger partial charge in [-0.05, 0) is 75.5 Å². The van der Waals surface area contributed by atoms with Gasteiger partial charge in [-0.2, -0.15) is 0 Å². The minimum Gasteiger partial charge on any atom is -0.494 e. The standard InChI is InChI=1S/C26H35N3O2/c1-26-19-23(20-9-4-2-5-10-20)29(24(26)11-6-3-7-17-28-26)25(30)21-12-14-22(15-13-21)31-18-8-16-27/h2,4-5,9-10,12-15,23-24,28H,3,6-8,11,16-19,27H2,1H3/t23-,24-,26-/m0/s1. The van der Waals surface area contributed by atoms with E-state index in [4.69, 9.17) is 10.5 Å². The van der Waals surface area contributed by atoms with Gasteiger partial charge in [0.25, 0.3) is 5.91 Å². The van der Waals surface area contributed by atoms with E-state index in [2.05, 4.69) is 41.4 Å². The van der Waals surface area contributed by atoms with Gasteiger partial charge < -0.3 is 20.7 Å². The van der Waals surface area contributed by atoms with E-state index >= 15 is 0 Å². The van der Waals surface area contributed by atoms with Crippen LogP contribution in [0.25, 0.3) is 0 Å². The molecule has 0 radical (unpaired) electrons. The summed E-state index contributed by atoms with van der Waals surface area (Å²) in [6.07, 6.45) is 6.39. The summed E-state index contributed by atoms with van der Waals surface area (Å²) in [5, 5.41) is 3.81. The number of nitrogens with two attached hydrogens (primary N) is 1. The van der Waals surface area contributed by atoms with Crippen molar-refractivity contribution in [3.63, 3.8) is 0 Å². The molecule has 0 aromatic heterocycles. The molecule has 3 atom stereocenters. The number of hydrogen-bond acceptors (Lipinski definition) is 4. The summed E-state index contributed by atoms with van der Waals surface area (Å²) in [5.74, 6) is 0.891. The molecule has 0 spiro atoms. The topological polar surface area (TPSA) is 67.6 Å². The second kappa shape index (κ2) is 9.84. The predicted octanol–water partition coefficient (Wildman–Crippen LogP) is 4.29. The monoisotopic (exact) mass is 421 g/mol. The molecule has 5 heteroatoms. The Kier molecular flexibility index (Phi) is 6.93. The molecule has 2 aliphatic heterocycles. The molecule has 2 fully saturated rings. The largest absolute Gasteiger partial charge is 0.494 e. The van der Waals surface area contributed by atoms with Crippen LogP contribution in [0, 0.1) is 0 Å².